The largest absolute Gasteiger partial charge is 0.452 e. The summed E-state index contributed by atoms with van der Waals surface area (Å²) in [4.78, 5) is 34.0. The molecule has 1 fully saturated rings. The number of sulfonamides is 1. The van der Waals surface area contributed by atoms with E-state index in [9.17, 15) is 28.1 Å². The molecule has 2 aromatic carbocycles. The molecule has 0 radical (unpaired) electrons. The van der Waals surface area contributed by atoms with Crippen molar-refractivity contribution in [1.82, 2.24) is 4.31 Å². The van der Waals surface area contributed by atoms with Crippen molar-refractivity contribution in [2.45, 2.75) is 17.7 Å². The fraction of sp³-hybridized carbons (Fsp3) is 0.238. The van der Waals surface area contributed by atoms with Crippen LogP contribution in [0.1, 0.15) is 18.4 Å². The van der Waals surface area contributed by atoms with E-state index in [0.29, 0.717) is 24.3 Å². The first-order chi connectivity index (χ1) is 15.3. The number of nitrogens with one attached hydrogen (secondary N) is 1. The summed E-state index contributed by atoms with van der Waals surface area (Å²) >= 11 is 0. The molecule has 3 rings (SSSR count). The van der Waals surface area contributed by atoms with Crippen molar-refractivity contribution in [3.63, 3.8) is 0 Å². The zero-order valence-electron chi connectivity index (χ0n) is 17.0. The number of ether oxygens (including phenoxy) is 1. The molecule has 11 heteroatoms. The number of hydrogen-bond donors (Lipinski definition) is 1. The SMILES string of the molecule is O=C(COC(=O)/C=C/c1ccc([N+](=O)[O-])cc1)Nc1ccc(S(=O)(=O)N2CCCC2)cc1. The van der Waals surface area contributed by atoms with Gasteiger partial charge in [-0.1, -0.05) is 0 Å². The van der Waals surface area contributed by atoms with Crippen LogP contribution in [0.5, 0.6) is 0 Å². The first kappa shape index (κ1) is 23.1. The molecule has 1 heterocycles. The van der Waals surface area contributed by atoms with Crippen molar-refractivity contribution in [2.24, 2.45) is 0 Å². The molecule has 0 aromatic heterocycles. The Morgan fingerprint density at radius 3 is 2.28 bits per heavy atom. The van der Waals surface area contributed by atoms with Gasteiger partial charge in [-0.3, -0.25) is 14.9 Å². The van der Waals surface area contributed by atoms with Gasteiger partial charge in [-0.25, -0.2) is 13.2 Å². The Balaban J connectivity index is 1.48. The monoisotopic (exact) mass is 459 g/mol. The number of benzene rings is 2. The summed E-state index contributed by atoms with van der Waals surface area (Å²) in [5.41, 5.74) is 0.858. The molecule has 0 unspecified atom stereocenters. The van der Waals surface area contributed by atoms with E-state index in [4.69, 9.17) is 4.74 Å². The molecule has 2 aromatic rings. The van der Waals surface area contributed by atoms with Crippen molar-refractivity contribution >= 4 is 39.4 Å². The lowest BCUT2D eigenvalue weighted by Gasteiger charge is -2.15. The van der Waals surface area contributed by atoms with Crippen molar-refractivity contribution in [2.75, 3.05) is 25.0 Å². The molecule has 1 saturated heterocycles. The highest BCUT2D eigenvalue weighted by Crippen LogP contribution is 2.22. The number of nitro benzene ring substituents is 1. The third kappa shape index (κ3) is 5.99. The third-order valence-corrected chi connectivity index (χ3v) is 6.62. The number of carbonyl (C=O) groups is 2. The number of non-ortho nitro benzene ring substituents is 1. The van der Waals surface area contributed by atoms with Crippen molar-refractivity contribution in [3.05, 3.63) is 70.3 Å². The Morgan fingerprint density at radius 1 is 1.06 bits per heavy atom. The van der Waals surface area contributed by atoms with Crippen molar-refractivity contribution in [1.29, 1.82) is 0 Å². The van der Waals surface area contributed by atoms with E-state index in [2.05, 4.69) is 5.32 Å². The van der Waals surface area contributed by atoms with Crippen LogP contribution in [0, 0.1) is 10.1 Å². The van der Waals surface area contributed by atoms with Gasteiger partial charge in [-0.05, 0) is 60.9 Å². The summed E-state index contributed by atoms with van der Waals surface area (Å²) in [7, 11) is -3.53. The predicted octanol–water partition coefficient (Wildman–Crippen LogP) is 2.57. The molecule has 1 amide bonds. The second-order valence-electron chi connectivity index (χ2n) is 6.97. The van der Waals surface area contributed by atoms with Crippen LogP contribution in [-0.2, 0) is 24.3 Å². The Labute approximate surface area is 184 Å². The van der Waals surface area contributed by atoms with E-state index in [1.807, 2.05) is 0 Å². The van der Waals surface area contributed by atoms with Crippen molar-refractivity contribution < 1.29 is 27.7 Å². The first-order valence-corrected chi connectivity index (χ1v) is 11.2. The van der Waals surface area contributed by atoms with Crippen LogP contribution in [0.2, 0.25) is 0 Å². The molecule has 32 heavy (non-hydrogen) atoms. The maximum Gasteiger partial charge on any atom is 0.331 e. The van der Waals surface area contributed by atoms with Gasteiger partial charge in [0.25, 0.3) is 11.6 Å². The van der Waals surface area contributed by atoms with Gasteiger partial charge >= 0.3 is 5.97 Å². The van der Waals surface area contributed by atoms with E-state index in [1.165, 1.54) is 58.9 Å². The minimum Gasteiger partial charge on any atom is -0.452 e. The topological polar surface area (TPSA) is 136 Å². The number of anilines is 1. The first-order valence-electron chi connectivity index (χ1n) is 9.75. The minimum absolute atomic E-state index is 0.0666. The lowest BCUT2D eigenvalue weighted by atomic mass is 10.2. The normalized spacial score (nSPS) is 14.4. The highest BCUT2D eigenvalue weighted by atomic mass is 32.2. The van der Waals surface area contributed by atoms with E-state index < -0.39 is 33.4 Å². The van der Waals surface area contributed by atoms with Crippen LogP contribution in [-0.4, -0.2) is 49.2 Å². The molecule has 0 bridgehead atoms. The summed E-state index contributed by atoms with van der Waals surface area (Å²) in [6, 6.07) is 11.3. The van der Waals surface area contributed by atoms with Gasteiger partial charge in [-0.15, -0.1) is 0 Å². The van der Waals surface area contributed by atoms with E-state index >= 15 is 0 Å². The van der Waals surface area contributed by atoms with Gasteiger partial charge in [0.1, 0.15) is 0 Å². The fourth-order valence-electron chi connectivity index (χ4n) is 3.04. The quantitative estimate of drug-likeness (QED) is 0.277. The summed E-state index contributed by atoms with van der Waals surface area (Å²) < 4.78 is 31.3. The molecule has 0 saturated carbocycles. The summed E-state index contributed by atoms with van der Waals surface area (Å²) in [6.45, 7) is 0.479. The van der Waals surface area contributed by atoms with Gasteiger partial charge in [0.05, 0.1) is 9.82 Å². The second-order valence-corrected chi connectivity index (χ2v) is 8.91. The third-order valence-electron chi connectivity index (χ3n) is 4.70. The summed E-state index contributed by atoms with van der Waals surface area (Å²) in [5, 5.41) is 13.1. The van der Waals surface area contributed by atoms with Crippen LogP contribution < -0.4 is 5.32 Å². The number of esters is 1. The zero-order chi connectivity index (χ0) is 23.1. The van der Waals surface area contributed by atoms with Crippen LogP contribution in [0.15, 0.2) is 59.5 Å². The van der Waals surface area contributed by atoms with Crippen molar-refractivity contribution in [3.8, 4) is 0 Å². The van der Waals surface area contributed by atoms with E-state index in [0.717, 1.165) is 18.9 Å². The van der Waals surface area contributed by atoms with Gasteiger partial charge in [0.2, 0.25) is 10.0 Å². The Hall–Kier alpha value is -3.57. The smallest absolute Gasteiger partial charge is 0.331 e. The van der Waals surface area contributed by atoms with Crippen LogP contribution in [0.25, 0.3) is 6.08 Å². The fourth-order valence-corrected chi connectivity index (χ4v) is 4.56. The minimum atomic E-state index is -3.53. The molecule has 1 aliphatic heterocycles. The van der Waals surface area contributed by atoms with Crippen LogP contribution in [0.4, 0.5) is 11.4 Å². The van der Waals surface area contributed by atoms with Gasteiger partial charge in [0.15, 0.2) is 6.61 Å². The molecule has 1 aliphatic rings. The number of amides is 1. The van der Waals surface area contributed by atoms with Gasteiger partial charge < -0.3 is 10.1 Å². The molecule has 0 spiro atoms. The maximum atomic E-state index is 12.5. The molecule has 10 nitrogen and oxygen atoms in total. The number of hydrogen-bond acceptors (Lipinski definition) is 7. The molecule has 168 valence electrons. The Morgan fingerprint density at radius 2 is 1.69 bits per heavy atom. The maximum absolute atomic E-state index is 12.5. The van der Waals surface area contributed by atoms with Crippen LogP contribution >= 0.6 is 0 Å². The van der Waals surface area contributed by atoms with Crippen LogP contribution in [0.3, 0.4) is 0 Å². The molecular weight excluding hydrogens is 438 g/mol. The number of nitrogens with zero attached hydrogens (tertiary/aromatic N) is 2. The second kappa shape index (κ2) is 10.2. The highest BCUT2D eigenvalue weighted by molar-refractivity contribution is 7.89. The molecule has 0 aliphatic carbocycles. The van der Waals surface area contributed by atoms with Gasteiger partial charge in [0, 0.05) is 37.0 Å². The highest BCUT2D eigenvalue weighted by Gasteiger charge is 2.26. The van der Waals surface area contributed by atoms with Gasteiger partial charge in [-0.2, -0.15) is 4.31 Å². The lowest BCUT2D eigenvalue weighted by Crippen LogP contribution is -2.27. The summed E-state index contributed by atoms with van der Waals surface area (Å²) in [6.07, 6.45) is 4.19. The Bertz CT molecular complexity index is 1120. The number of rotatable bonds is 8. The number of nitro groups is 1. The molecule has 1 N–H and O–H groups in total. The standard InChI is InChI=1S/C21H21N3O7S/c25-20(15-31-21(26)12-5-16-3-8-18(9-4-16)24(27)28)22-17-6-10-19(11-7-17)32(29,30)23-13-1-2-14-23/h3-12H,1-2,13-15H2,(H,22,25)/b12-5+. The number of carbonyl (C=O) groups excluding carboxylic acids is 2. The van der Waals surface area contributed by atoms with E-state index in [1.54, 1.807) is 0 Å². The van der Waals surface area contributed by atoms with E-state index in [-0.39, 0.29) is 10.6 Å². The Kier molecular flexibility index (Phi) is 7.33. The lowest BCUT2D eigenvalue weighted by molar-refractivity contribution is -0.384. The average Bonchev–Trinajstić information content (AvgIpc) is 3.33. The predicted molar refractivity (Wildman–Crippen MR) is 116 cm³/mol. The summed E-state index contributed by atoms with van der Waals surface area (Å²) in [5.74, 6) is -1.34. The molecule has 0 atom stereocenters. The molecular formula is C21H21N3O7S. The zero-order valence-corrected chi connectivity index (χ0v) is 17.8. The average molecular weight is 459 g/mol.